The third-order valence-corrected chi connectivity index (χ3v) is 2.44. The van der Waals surface area contributed by atoms with Crippen LogP contribution in [0.5, 0.6) is 0 Å². The fourth-order valence-corrected chi connectivity index (χ4v) is 1.60. The van der Waals surface area contributed by atoms with Crippen LogP contribution in [-0.2, 0) is 0 Å². The summed E-state index contributed by atoms with van der Waals surface area (Å²) in [6.07, 6.45) is 1.10. The Labute approximate surface area is 102 Å². The molecule has 18 heavy (non-hydrogen) atoms. The summed E-state index contributed by atoms with van der Waals surface area (Å²) in [5.74, 6) is -1.74. The number of pyridine rings is 1. The average Bonchev–Trinajstić information content (AvgIpc) is 2.28. The Kier molecular flexibility index (Phi) is 3.50. The molecule has 0 fully saturated rings. The van der Waals surface area contributed by atoms with E-state index in [1.54, 1.807) is 6.92 Å². The van der Waals surface area contributed by atoms with E-state index in [2.05, 4.69) is 10.3 Å². The van der Waals surface area contributed by atoms with Gasteiger partial charge in [-0.25, -0.2) is 13.2 Å². The van der Waals surface area contributed by atoms with E-state index in [1.807, 2.05) is 0 Å². The molecule has 1 aromatic carbocycles. The first-order valence-electron chi connectivity index (χ1n) is 5.38. The van der Waals surface area contributed by atoms with Crippen LogP contribution >= 0.6 is 0 Å². The van der Waals surface area contributed by atoms with E-state index in [1.165, 1.54) is 24.3 Å². The van der Waals surface area contributed by atoms with E-state index in [-0.39, 0.29) is 6.04 Å². The number of anilines is 1. The van der Waals surface area contributed by atoms with Gasteiger partial charge in [-0.2, -0.15) is 0 Å². The van der Waals surface area contributed by atoms with Crippen LogP contribution in [0.15, 0.2) is 36.5 Å². The zero-order valence-corrected chi connectivity index (χ0v) is 9.62. The number of halogens is 3. The highest BCUT2D eigenvalue weighted by Crippen LogP contribution is 2.19. The van der Waals surface area contributed by atoms with Crippen LogP contribution in [0.2, 0.25) is 0 Å². The number of nitrogens with one attached hydrogen (secondary N) is 1. The van der Waals surface area contributed by atoms with Gasteiger partial charge in [-0.1, -0.05) is 0 Å². The minimum atomic E-state index is -0.656. The van der Waals surface area contributed by atoms with Gasteiger partial charge in [-0.15, -0.1) is 0 Å². The monoisotopic (exact) mass is 252 g/mol. The smallest absolute Gasteiger partial charge is 0.141 e. The van der Waals surface area contributed by atoms with E-state index >= 15 is 0 Å². The molecule has 0 amide bonds. The Morgan fingerprint density at radius 3 is 2.22 bits per heavy atom. The number of aromatic nitrogens is 1. The van der Waals surface area contributed by atoms with E-state index < -0.39 is 17.5 Å². The summed E-state index contributed by atoms with van der Waals surface area (Å²) >= 11 is 0. The molecule has 0 aliphatic heterocycles. The van der Waals surface area contributed by atoms with Gasteiger partial charge in [0.2, 0.25) is 0 Å². The molecular formula is C13H11F3N2. The van der Waals surface area contributed by atoms with Crippen molar-refractivity contribution in [3.63, 3.8) is 0 Å². The molecule has 0 saturated heterocycles. The van der Waals surface area contributed by atoms with Crippen molar-refractivity contribution >= 4 is 5.69 Å². The normalized spacial score (nSPS) is 12.2. The third-order valence-electron chi connectivity index (χ3n) is 2.44. The zero-order chi connectivity index (χ0) is 13.1. The Morgan fingerprint density at radius 1 is 1.00 bits per heavy atom. The van der Waals surface area contributed by atoms with Crippen LogP contribution < -0.4 is 5.32 Å². The molecule has 5 heteroatoms. The van der Waals surface area contributed by atoms with Crippen molar-refractivity contribution in [1.82, 2.24) is 4.98 Å². The number of benzene rings is 1. The van der Waals surface area contributed by atoms with E-state index in [9.17, 15) is 13.2 Å². The molecule has 1 heterocycles. The lowest BCUT2D eigenvalue weighted by Gasteiger charge is -2.14. The summed E-state index contributed by atoms with van der Waals surface area (Å²) in [5, 5.41) is 2.89. The van der Waals surface area contributed by atoms with Gasteiger partial charge in [0.15, 0.2) is 0 Å². The molecule has 0 radical (unpaired) electrons. The highest BCUT2D eigenvalue weighted by atomic mass is 19.1. The SMILES string of the molecule is CC(Nc1cc(F)cc(F)c1)c1ccc(F)cn1. The second kappa shape index (κ2) is 5.08. The van der Waals surface area contributed by atoms with Crippen molar-refractivity contribution < 1.29 is 13.2 Å². The number of rotatable bonds is 3. The molecule has 0 aliphatic rings. The van der Waals surface area contributed by atoms with Crippen LogP contribution in [0.1, 0.15) is 18.7 Å². The van der Waals surface area contributed by atoms with Crippen LogP contribution in [0.25, 0.3) is 0 Å². The average molecular weight is 252 g/mol. The molecule has 0 spiro atoms. The van der Waals surface area contributed by atoms with Crippen LogP contribution in [0.3, 0.4) is 0 Å². The van der Waals surface area contributed by atoms with Crippen molar-refractivity contribution in [3.05, 3.63) is 59.7 Å². The molecule has 1 aromatic heterocycles. The molecule has 2 nitrogen and oxygen atoms in total. The van der Waals surface area contributed by atoms with Crippen molar-refractivity contribution in [2.24, 2.45) is 0 Å². The second-order valence-corrected chi connectivity index (χ2v) is 3.93. The van der Waals surface area contributed by atoms with Gasteiger partial charge in [0.1, 0.15) is 17.5 Å². The summed E-state index contributed by atoms with van der Waals surface area (Å²) < 4.78 is 38.7. The molecule has 0 saturated carbocycles. The lowest BCUT2D eigenvalue weighted by Crippen LogP contribution is -2.08. The highest BCUT2D eigenvalue weighted by Gasteiger charge is 2.08. The van der Waals surface area contributed by atoms with Gasteiger partial charge in [-0.05, 0) is 31.2 Å². The van der Waals surface area contributed by atoms with E-state index in [4.69, 9.17) is 0 Å². The van der Waals surface area contributed by atoms with Gasteiger partial charge in [0.05, 0.1) is 17.9 Å². The Balaban J connectivity index is 2.15. The minimum absolute atomic E-state index is 0.285. The lowest BCUT2D eigenvalue weighted by atomic mass is 10.2. The summed E-state index contributed by atoms with van der Waals surface area (Å²) in [6.45, 7) is 1.77. The maximum Gasteiger partial charge on any atom is 0.141 e. The summed E-state index contributed by atoms with van der Waals surface area (Å²) in [4.78, 5) is 3.89. The molecule has 1 unspecified atom stereocenters. The Hall–Kier alpha value is -2.04. The topological polar surface area (TPSA) is 24.9 Å². The molecule has 94 valence electrons. The molecule has 2 aromatic rings. The fourth-order valence-electron chi connectivity index (χ4n) is 1.60. The van der Waals surface area contributed by atoms with Gasteiger partial charge in [0.25, 0.3) is 0 Å². The summed E-state index contributed by atoms with van der Waals surface area (Å²) in [7, 11) is 0. The molecule has 1 N–H and O–H groups in total. The summed E-state index contributed by atoms with van der Waals surface area (Å²) in [5.41, 5.74) is 0.896. The van der Waals surface area contributed by atoms with Crippen molar-refractivity contribution in [3.8, 4) is 0 Å². The van der Waals surface area contributed by atoms with E-state index in [0.29, 0.717) is 11.4 Å². The molecular weight excluding hydrogens is 241 g/mol. The van der Waals surface area contributed by atoms with Crippen molar-refractivity contribution in [2.75, 3.05) is 5.32 Å². The predicted octanol–water partition coefficient (Wildman–Crippen LogP) is 3.67. The van der Waals surface area contributed by atoms with Gasteiger partial charge >= 0.3 is 0 Å². The highest BCUT2D eigenvalue weighted by molar-refractivity contribution is 5.45. The number of hydrogen-bond donors (Lipinski definition) is 1. The minimum Gasteiger partial charge on any atom is -0.377 e. The van der Waals surface area contributed by atoms with Crippen LogP contribution in [-0.4, -0.2) is 4.98 Å². The number of nitrogens with zero attached hydrogens (tertiary/aromatic N) is 1. The summed E-state index contributed by atoms with van der Waals surface area (Å²) in [6, 6.07) is 5.68. The first kappa shape index (κ1) is 12.4. The van der Waals surface area contributed by atoms with Crippen molar-refractivity contribution in [1.29, 1.82) is 0 Å². The molecule has 2 rings (SSSR count). The van der Waals surface area contributed by atoms with Crippen LogP contribution in [0, 0.1) is 17.5 Å². The van der Waals surface area contributed by atoms with Gasteiger partial charge < -0.3 is 5.32 Å². The number of hydrogen-bond acceptors (Lipinski definition) is 2. The van der Waals surface area contributed by atoms with Crippen molar-refractivity contribution in [2.45, 2.75) is 13.0 Å². The van der Waals surface area contributed by atoms with Gasteiger partial charge in [0, 0.05) is 11.8 Å². The molecule has 0 aliphatic carbocycles. The third kappa shape index (κ3) is 3.00. The lowest BCUT2D eigenvalue weighted by molar-refractivity contribution is 0.583. The maximum atomic E-state index is 13.0. The largest absolute Gasteiger partial charge is 0.377 e. The van der Waals surface area contributed by atoms with Gasteiger partial charge in [-0.3, -0.25) is 4.98 Å². The molecule has 0 bridgehead atoms. The first-order chi connectivity index (χ1) is 8.54. The Morgan fingerprint density at radius 2 is 1.67 bits per heavy atom. The fraction of sp³-hybridized carbons (Fsp3) is 0.154. The predicted molar refractivity (Wildman–Crippen MR) is 62.6 cm³/mol. The first-order valence-corrected chi connectivity index (χ1v) is 5.38. The standard InChI is InChI=1S/C13H11F3N2/c1-8(13-3-2-9(14)7-17-13)18-12-5-10(15)4-11(16)6-12/h2-8,18H,1H3. The maximum absolute atomic E-state index is 13.0. The second-order valence-electron chi connectivity index (χ2n) is 3.93. The van der Waals surface area contributed by atoms with Crippen LogP contribution in [0.4, 0.5) is 18.9 Å². The molecule has 1 atom stereocenters. The quantitative estimate of drug-likeness (QED) is 0.901. The zero-order valence-electron chi connectivity index (χ0n) is 9.62. The van der Waals surface area contributed by atoms with E-state index in [0.717, 1.165) is 12.3 Å². The Bertz CT molecular complexity index is 520.